The highest BCUT2D eigenvalue weighted by molar-refractivity contribution is 5.87. The molecular weight excluding hydrogens is 728 g/mol. The van der Waals surface area contributed by atoms with Crippen LogP contribution in [0.25, 0.3) is 6.08 Å². The second-order valence-electron chi connectivity index (χ2n) is 13.0. The van der Waals surface area contributed by atoms with Gasteiger partial charge >= 0.3 is 5.97 Å². The van der Waals surface area contributed by atoms with Gasteiger partial charge in [0.2, 0.25) is 0 Å². The van der Waals surface area contributed by atoms with Gasteiger partial charge in [0.05, 0.1) is 33.0 Å². The summed E-state index contributed by atoms with van der Waals surface area (Å²) in [5, 5.41) is 122. The summed E-state index contributed by atoms with van der Waals surface area (Å²) < 4.78 is 39.8. The number of benzene rings is 2. The van der Waals surface area contributed by atoms with Crippen molar-refractivity contribution in [3.63, 3.8) is 0 Å². The number of aliphatic hydroxyl groups excluding tert-OH is 7. The molecule has 0 bridgehead atoms. The molecule has 0 amide bonds. The number of phenols is 4. The fourth-order valence-electron chi connectivity index (χ4n) is 5.92. The van der Waals surface area contributed by atoms with Crippen LogP contribution in [0.4, 0.5) is 0 Å². The van der Waals surface area contributed by atoms with Crippen LogP contribution in [0.5, 0.6) is 23.0 Å². The van der Waals surface area contributed by atoms with E-state index in [4.69, 9.17) is 33.2 Å². The van der Waals surface area contributed by atoms with Crippen molar-refractivity contribution in [2.24, 2.45) is 0 Å². The minimum atomic E-state index is -2.16. The first-order chi connectivity index (χ1) is 25.6. The van der Waals surface area contributed by atoms with Gasteiger partial charge in [-0.25, -0.2) is 4.79 Å². The standard InChI is InChI=1S/C34H44O20/c35-11-21-24(42)25(43)26(44)31(51-21)49-12-22-28(53-23(41)6-3-15-1-4-17(37)19(39)9-15)29(54-33-30(46)34(47,13-36)14-50-33)27(45)32(52-22)48-8-7-16-2-5-18(38)20(40)10-16/h1-6,9-10,21-22,24-33,35-40,42-47H,7-8,11-14H2/t21-,22-,24-,25+,26-,27-,28-,29-,30+,31+,32+,33-,34+/m1/s1. The Morgan fingerprint density at radius 2 is 1.44 bits per heavy atom. The van der Waals surface area contributed by atoms with E-state index in [1.165, 1.54) is 36.4 Å². The van der Waals surface area contributed by atoms with E-state index in [0.717, 1.165) is 12.1 Å². The molecule has 2 aromatic rings. The first-order valence-corrected chi connectivity index (χ1v) is 16.7. The van der Waals surface area contributed by atoms with Gasteiger partial charge in [-0.05, 0) is 47.9 Å². The van der Waals surface area contributed by atoms with Gasteiger partial charge < -0.3 is 94.4 Å². The molecule has 0 unspecified atom stereocenters. The summed E-state index contributed by atoms with van der Waals surface area (Å²) in [5.74, 6) is -2.71. The lowest BCUT2D eigenvalue weighted by atomic mass is 9.97. The number of hydrogen-bond acceptors (Lipinski definition) is 20. The molecule has 5 rings (SSSR count). The molecule has 2 aromatic carbocycles. The molecule has 12 N–H and O–H groups in total. The Labute approximate surface area is 306 Å². The van der Waals surface area contributed by atoms with E-state index in [2.05, 4.69) is 0 Å². The fourth-order valence-corrected chi connectivity index (χ4v) is 5.92. The van der Waals surface area contributed by atoms with Gasteiger partial charge in [-0.2, -0.15) is 0 Å². The molecule has 3 fully saturated rings. The van der Waals surface area contributed by atoms with Gasteiger partial charge in [-0.3, -0.25) is 0 Å². The Balaban J connectivity index is 1.42. The van der Waals surface area contributed by atoms with Crippen molar-refractivity contribution in [2.75, 3.05) is 33.0 Å². The Morgan fingerprint density at radius 3 is 2.09 bits per heavy atom. The van der Waals surface area contributed by atoms with Crippen molar-refractivity contribution in [1.82, 2.24) is 0 Å². The van der Waals surface area contributed by atoms with E-state index in [9.17, 15) is 66.1 Å². The predicted octanol–water partition coefficient (Wildman–Crippen LogP) is -3.58. The van der Waals surface area contributed by atoms with Crippen LogP contribution in [0.3, 0.4) is 0 Å². The maximum absolute atomic E-state index is 13.2. The van der Waals surface area contributed by atoms with Crippen molar-refractivity contribution >= 4 is 12.0 Å². The smallest absolute Gasteiger partial charge is 0.331 e. The Morgan fingerprint density at radius 1 is 0.778 bits per heavy atom. The third kappa shape index (κ3) is 9.38. The summed E-state index contributed by atoms with van der Waals surface area (Å²) in [4.78, 5) is 13.2. The van der Waals surface area contributed by atoms with Gasteiger partial charge in [0.1, 0.15) is 54.4 Å². The zero-order chi connectivity index (χ0) is 39.3. The lowest BCUT2D eigenvalue weighted by Gasteiger charge is -2.45. The average molecular weight is 773 g/mol. The molecule has 3 aliphatic heterocycles. The maximum Gasteiger partial charge on any atom is 0.331 e. The van der Waals surface area contributed by atoms with Crippen molar-refractivity contribution in [3.05, 3.63) is 53.6 Å². The minimum absolute atomic E-state index is 0.113. The third-order valence-corrected chi connectivity index (χ3v) is 9.14. The molecule has 3 heterocycles. The molecule has 13 atom stereocenters. The van der Waals surface area contributed by atoms with Gasteiger partial charge in [0.15, 0.2) is 48.0 Å². The number of hydrogen-bond donors (Lipinski definition) is 12. The van der Waals surface area contributed by atoms with Gasteiger partial charge in [-0.15, -0.1) is 0 Å². The number of carbonyl (C=O) groups excluding carboxylic acids is 1. The van der Waals surface area contributed by atoms with Crippen molar-refractivity contribution < 1.29 is 99.2 Å². The highest BCUT2D eigenvalue weighted by atomic mass is 16.8. The Hall–Kier alpha value is -3.71. The molecule has 0 radical (unpaired) electrons. The number of ether oxygens (including phenoxy) is 7. The second-order valence-corrected chi connectivity index (χ2v) is 13.0. The lowest BCUT2D eigenvalue weighted by Crippen LogP contribution is -2.64. The normalized spacial score (nSPS) is 35.7. The van der Waals surface area contributed by atoms with E-state index in [1.54, 1.807) is 0 Å². The predicted molar refractivity (Wildman–Crippen MR) is 175 cm³/mol. The van der Waals surface area contributed by atoms with Crippen LogP contribution >= 0.6 is 0 Å². The molecular formula is C34H44O20. The Bertz CT molecular complexity index is 1590. The van der Waals surface area contributed by atoms with Gasteiger partial charge in [0.25, 0.3) is 0 Å². The molecule has 0 aromatic heterocycles. The third-order valence-electron chi connectivity index (χ3n) is 9.14. The Kier molecular flexibility index (Phi) is 13.7. The molecule has 3 saturated heterocycles. The average Bonchev–Trinajstić information content (AvgIpc) is 3.44. The van der Waals surface area contributed by atoms with E-state index in [1.807, 2.05) is 0 Å². The van der Waals surface area contributed by atoms with Crippen LogP contribution in [0.15, 0.2) is 42.5 Å². The van der Waals surface area contributed by atoms with E-state index in [-0.39, 0.29) is 30.1 Å². The molecule has 3 aliphatic rings. The molecule has 0 saturated carbocycles. The minimum Gasteiger partial charge on any atom is -0.504 e. The van der Waals surface area contributed by atoms with Crippen LogP contribution in [-0.4, -0.2) is 180 Å². The van der Waals surface area contributed by atoms with Crippen LogP contribution in [0.2, 0.25) is 0 Å². The van der Waals surface area contributed by atoms with Crippen molar-refractivity contribution in [1.29, 1.82) is 0 Å². The molecule has 0 spiro atoms. The molecule has 20 heteroatoms. The zero-order valence-electron chi connectivity index (χ0n) is 28.4. The fraction of sp³-hybridized carbons (Fsp3) is 0.559. The summed E-state index contributed by atoms with van der Waals surface area (Å²) in [6.45, 7) is -3.16. The summed E-state index contributed by atoms with van der Waals surface area (Å²) in [6.07, 6.45) is -18.1. The van der Waals surface area contributed by atoms with Gasteiger partial charge in [-0.1, -0.05) is 12.1 Å². The number of rotatable bonds is 14. The summed E-state index contributed by atoms with van der Waals surface area (Å²) in [5.41, 5.74) is -1.39. The van der Waals surface area contributed by atoms with Crippen LogP contribution in [0.1, 0.15) is 11.1 Å². The molecule has 20 nitrogen and oxygen atoms in total. The number of esters is 1. The zero-order valence-corrected chi connectivity index (χ0v) is 28.4. The summed E-state index contributed by atoms with van der Waals surface area (Å²) in [6, 6.07) is 7.74. The monoisotopic (exact) mass is 772 g/mol. The summed E-state index contributed by atoms with van der Waals surface area (Å²) >= 11 is 0. The lowest BCUT2D eigenvalue weighted by molar-refractivity contribution is -0.345. The molecule has 0 aliphatic carbocycles. The van der Waals surface area contributed by atoms with E-state index < -0.39 is 123 Å². The van der Waals surface area contributed by atoms with Crippen molar-refractivity contribution in [2.45, 2.75) is 85.8 Å². The van der Waals surface area contributed by atoms with Crippen LogP contribution in [-0.2, 0) is 44.4 Å². The topological polar surface area (TPSA) is 324 Å². The first-order valence-electron chi connectivity index (χ1n) is 16.7. The van der Waals surface area contributed by atoms with Crippen molar-refractivity contribution in [3.8, 4) is 23.0 Å². The van der Waals surface area contributed by atoms with E-state index >= 15 is 0 Å². The maximum atomic E-state index is 13.2. The number of aliphatic hydroxyl groups is 8. The molecule has 54 heavy (non-hydrogen) atoms. The number of phenolic OH excluding ortho intramolecular Hbond substituents is 4. The first kappa shape index (κ1) is 41.5. The highest BCUT2D eigenvalue weighted by Gasteiger charge is 2.55. The SMILES string of the molecule is O=C(C=Cc1ccc(O)c(O)c1)O[C@H]1[C@H](O[C@H]2OC[C@@](O)(CO)[C@H]2O)[C@@H](O)[C@@H](OCCc2ccc(O)c(O)c2)O[C@@H]1CO[C@H]1O[C@H](CO)[C@@H](O)[C@H](O)[C@H]1O. The highest BCUT2D eigenvalue weighted by Crippen LogP contribution is 2.34. The van der Waals surface area contributed by atoms with Crippen LogP contribution < -0.4 is 0 Å². The largest absolute Gasteiger partial charge is 0.504 e. The van der Waals surface area contributed by atoms with E-state index in [0.29, 0.717) is 5.56 Å². The summed E-state index contributed by atoms with van der Waals surface area (Å²) in [7, 11) is 0. The number of aromatic hydroxyl groups is 4. The quantitative estimate of drug-likeness (QED) is 0.0502. The van der Waals surface area contributed by atoms with Gasteiger partial charge in [0, 0.05) is 6.08 Å². The molecule has 300 valence electrons. The van der Waals surface area contributed by atoms with Crippen LogP contribution in [0, 0.1) is 0 Å². The number of carbonyl (C=O) groups is 1. The second kappa shape index (κ2) is 17.8.